The summed E-state index contributed by atoms with van der Waals surface area (Å²) in [7, 11) is 2.20. The molecule has 1 atom stereocenters. The standard InChI is InChI=1S/C15H34NO/c1-4-6-8-10-12-14-16(3,15-17)13-11-9-7-5-2/h17H,4-15H2,1-3H3/q+1. The molecule has 0 aliphatic heterocycles. The van der Waals surface area contributed by atoms with Gasteiger partial charge in [0.2, 0.25) is 0 Å². The molecular formula is C15H34NO+. The van der Waals surface area contributed by atoms with Crippen LogP contribution in [0, 0.1) is 0 Å². The van der Waals surface area contributed by atoms with Crippen LogP contribution in [0.15, 0.2) is 0 Å². The maximum Gasteiger partial charge on any atom is 0.180 e. The highest BCUT2D eigenvalue weighted by Crippen LogP contribution is 2.11. The fourth-order valence-electron chi connectivity index (χ4n) is 2.27. The Morgan fingerprint density at radius 1 is 0.706 bits per heavy atom. The number of nitrogens with zero attached hydrogens (tertiary/aromatic N) is 1. The van der Waals surface area contributed by atoms with E-state index in [4.69, 9.17) is 0 Å². The van der Waals surface area contributed by atoms with Crippen LogP contribution < -0.4 is 0 Å². The van der Waals surface area contributed by atoms with Crippen molar-refractivity contribution in [2.75, 3.05) is 26.9 Å². The fraction of sp³-hybridized carbons (Fsp3) is 1.00. The first-order valence-electron chi connectivity index (χ1n) is 7.63. The summed E-state index contributed by atoms with van der Waals surface area (Å²) in [5.41, 5.74) is 0. The van der Waals surface area contributed by atoms with Crippen molar-refractivity contribution < 1.29 is 9.59 Å². The van der Waals surface area contributed by atoms with Crippen LogP contribution in [-0.4, -0.2) is 36.5 Å². The Labute approximate surface area is 109 Å². The molecule has 104 valence electrons. The van der Waals surface area contributed by atoms with E-state index in [-0.39, 0.29) is 0 Å². The first kappa shape index (κ1) is 16.9. The van der Waals surface area contributed by atoms with Crippen LogP contribution in [0.4, 0.5) is 0 Å². The molecule has 0 bridgehead atoms. The SMILES string of the molecule is CCCCCCC[N+](C)(CO)CCCCCC. The summed E-state index contributed by atoms with van der Waals surface area (Å²) in [5.74, 6) is 0. The average molecular weight is 244 g/mol. The molecule has 1 unspecified atom stereocenters. The molecule has 0 aliphatic carbocycles. The first-order valence-corrected chi connectivity index (χ1v) is 7.63. The Morgan fingerprint density at radius 3 is 1.53 bits per heavy atom. The van der Waals surface area contributed by atoms with E-state index in [2.05, 4.69) is 20.9 Å². The Hall–Kier alpha value is -0.0800. The van der Waals surface area contributed by atoms with Crippen LogP contribution in [0.25, 0.3) is 0 Å². The van der Waals surface area contributed by atoms with Crippen molar-refractivity contribution in [2.24, 2.45) is 0 Å². The third-order valence-corrected chi connectivity index (χ3v) is 3.69. The number of hydrogen-bond donors (Lipinski definition) is 1. The Morgan fingerprint density at radius 2 is 1.12 bits per heavy atom. The normalized spacial score (nSPS) is 14.8. The van der Waals surface area contributed by atoms with E-state index in [0.717, 1.165) is 17.6 Å². The first-order chi connectivity index (χ1) is 8.18. The molecule has 0 saturated carbocycles. The van der Waals surface area contributed by atoms with Gasteiger partial charge in [-0.1, -0.05) is 46.0 Å². The summed E-state index contributed by atoms with van der Waals surface area (Å²) in [6.07, 6.45) is 11.8. The molecule has 0 heterocycles. The average Bonchev–Trinajstić information content (AvgIpc) is 2.34. The highest BCUT2D eigenvalue weighted by molar-refractivity contribution is 4.45. The summed E-state index contributed by atoms with van der Waals surface area (Å²) in [6, 6.07) is 0. The van der Waals surface area contributed by atoms with Crippen LogP contribution >= 0.6 is 0 Å². The molecule has 0 aromatic heterocycles. The number of quaternary nitrogens is 1. The Kier molecular flexibility index (Phi) is 11.0. The third kappa shape index (κ3) is 9.61. The van der Waals surface area contributed by atoms with Gasteiger partial charge in [0.1, 0.15) is 0 Å². The molecule has 0 fully saturated rings. The van der Waals surface area contributed by atoms with Crippen molar-refractivity contribution in [2.45, 2.75) is 71.6 Å². The lowest BCUT2D eigenvalue weighted by Gasteiger charge is -2.32. The largest absolute Gasteiger partial charge is 0.347 e. The Bertz CT molecular complexity index is 161. The van der Waals surface area contributed by atoms with Crippen LogP contribution in [-0.2, 0) is 0 Å². The monoisotopic (exact) mass is 244 g/mol. The van der Waals surface area contributed by atoms with Gasteiger partial charge in [0.15, 0.2) is 6.73 Å². The second-order valence-corrected chi connectivity index (χ2v) is 5.68. The molecular weight excluding hydrogens is 210 g/mol. The molecule has 2 heteroatoms. The van der Waals surface area contributed by atoms with Gasteiger partial charge in [-0.3, -0.25) is 0 Å². The van der Waals surface area contributed by atoms with E-state index in [1.54, 1.807) is 0 Å². The molecule has 0 amide bonds. The number of aliphatic hydroxyl groups is 1. The molecule has 2 nitrogen and oxygen atoms in total. The van der Waals surface area contributed by atoms with E-state index in [0.29, 0.717) is 6.73 Å². The van der Waals surface area contributed by atoms with E-state index in [1.165, 1.54) is 57.8 Å². The second kappa shape index (κ2) is 11.0. The number of unbranched alkanes of at least 4 members (excludes halogenated alkanes) is 7. The second-order valence-electron chi connectivity index (χ2n) is 5.68. The van der Waals surface area contributed by atoms with Crippen LogP contribution in [0.2, 0.25) is 0 Å². The van der Waals surface area contributed by atoms with Crippen LogP contribution in [0.1, 0.15) is 71.6 Å². The van der Waals surface area contributed by atoms with Crippen molar-refractivity contribution in [3.63, 3.8) is 0 Å². The van der Waals surface area contributed by atoms with Gasteiger partial charge in [-0.25, -0.2) is 0 Å². The quantitative estimate of drug-likeness (QED) is 0.313. The predicted octanol–water partition coefficient (Wildman–Crippen LogP) is 3.93. The summed E-state index contributed by atoms with van der Waals surface area (Å²) in [6.45, 7) is 7.09. The van der Waals surface area contributed by atoms with Crippen molar-refractivity contribution in [1.82, 2.24) is 0 Å². The van der Waals surface area contributed by atoms with Gasteiger partial charge < -0.3 is 9.59 Å². The summed E-state index contributed by atoms with van der Waals surface area (Å²) in [4.78, 5) is 0. The Balaban J connectivity index is 3.61. The third-order valence-electron chi connectivity index (χ3n) is 3.69. The van der Waals surface area contributed by atoms with Crippen LogP contribution in [0.3, 0.4) is 0 Å². The van der Waals surface area contributed by atoms with Gasteiger partial charge in [-0.15, -0.1) is 0 Å². The summed E-state index contributed by atoms with van der Waals surface area (Å²) < 4.78 is 0.857. The smallest absolute Gasteiger partial charge is 0.180 e. The number of rotatable bonds is 12. The van der Waals surface area contributed by atoms with Crippen molar-refractivity contribution >= 4 is 0 Å². The lowest BCUT2D eigenvalue weighted by atomic mass is 10.1. The molecule has 0 aliphatic rings. The highest BCUT2D eigenvalue weighted by Gasteiger charge is 2.18. The minimum atomic E-state index is 0.305. The maximum atomic E-state index is 9.52. The molecule has 0 aromatic rings. The van der Waals surface area contributed by atoms with E-state index in [1.807, 2.05) is 0 Å². The van der Waals surface area contributed by atoms with Crippen LogP contribution in [0.5, 0.6) is 0 Å². The zero-order chi connectivity index (χ0) is 13.0. The molecule has 0 saturated heterocycles. The zero-order valence-corrected chi connectivity index (χ0v) is 12.4. The summed E-state index contributed by atoms with van der Waals surface area (Å²) in [5, 5.41) is 9.52. The molecule has 1 N–H and O–H groups in total. The van der Waals surface area contributed by atoms with Crippen molar-refractivity contribution in [3.05, 3.63) is 0 Å². The van der Waals surface area contributed by atoms with Gasteiger partial charge >= 0.3 is 0 Å². The minimum absolute atomic E-state index is 0.305. The molecule has 0 rings (SSSR count). The molecule has 0 aromatic carbocycles. The van der Waals surface area contributed by atoms with E-state index >= 15 is 0 Å². The fourth-order valence-corrected chi connectivity index (χ4v) is 2.27. The van der Waals surface area contributed by atoms with E-state index < -0.39 is 0 Å². The minimum Gasteiger partial charge on any atom is -0.347 e. The maximum absolute atomic E-state index is 9.52. The van der Waals surface area contributed by atoms with E-state index in [9.17, 15) is 5.11 Å². The van der Waals surface area contributed by atoms with Gasteiger partial charge in [-0.05, 0) is 25.7 Å². The predicted molar refractivity (Wildman–Crippen MR) is 75.9 cm³/mol. The van der Waals surface area contributed by atoms with Gasteiger partial charge in [0.25, 0.3) is 0 Å². The lowest BCUT2D eigenvalue weighted by molar-refractivity contribution is -0.927. The molecule has 0 radical (unpaired) electrons. The topological polar surface area (TPSA) is 20.2 Å². The lowest BCUT2D eigenvalue weighted by Crippen LogP contribution is -2.46. The van der Waals surface area contributed by atoms with Gasteiger partial charge in [0, 0.05) is 0 Å². The highest BCUT2D eigenvalue weighted by atomic mass is 16.3. The zero-order valence-electron chi connectivity index (χ0n) is 12.4. The van der Waals surface area contributed by atoms with Gasteiger partial charge in [-0.2, -0.15) is 0 Å². The van der Waals surface area contributed by atoms with Crippen molar-refractivity contribution in [3.8, 4) is 0 Å². The number of aliphatic hydroxyl groups excluding tert-OH is 1. The number of hydrogen-bond acceptors (Lipinski definition) is 1. The molecule has 17 heavy (non-hydrogen) atoms. The van der Waals surface area contributed by atoms with Gasteiger partial charge in [0.05, 0.1) is 20.1 Å². The van der Waals surface area contributed by atoms with Crippen molar-refractivity contribution in [1.29, 1.82) is 0 Å². The molecule has 0 spiro atoms. The summed E-state index contributed by atoms with van der Waals surface area (Å²) >= 11 is 0.